The Labute approximate surface area is 118 Å². The maximum atomic E-state index is 12.3. The number of carboxylic acids is 1. The summed E-state index contributed by atoms with van der Waals surface area (Å²) in [6, 6.07) is -1.07. The molecule has 0 aromatic carbocycles. The maximum absolute atomic E-state index is 12.3. The van der Waals surface area contributed by atoms with E-state index in [0.29, 0.717) is 13.0 Å². The number of urea groups is 1. The summed E-state index contributed by atoms with van der Waals surface area (Å²) in [5.74, 6) is -1.10. The van der Waals surface area contributed by atoms with Gasteiger partial charge in [0.1, 0.15) is 6.04 Å². The number of carboxylic acid groups (broad SMARTS) is 1. The third-order valence-corrected chi connectivity index (χ3v) is 3.56. The van der Waals surface area contributed by atoms with E-state index in [1.807, 2.05) is 0 Å². The van der Waals surface area contributed by atoms with E-state index < -0.39 is 12.0 Å². The molecule has 0 bridgehead atoms. The predicted octanol–water partition coefficient (Wildman–Crippen LogP) is 0.504. The van der Waals surface area contributed by atoms with Crippen molar-refractivity contribution < 1.29 is 19.5 Å². The summed E-state index contributed by atoms with van der Waals surface area (Å²) in [6.07, 6.45) is 3.28. The third kappa shape index (κ3) is 4.40. The van der Waals surface area contributed by atoms with Gasteiger partial charge in [-0.2, -0.15) is 0 Å². The first-order chi connectivity index (χ1) is 9.47. The number of rotatable bonds is 4. The number of amides is 3. The summed E-state index contributed by atoms with van der Waals surface area (Å²) in [5, 5.41) is 11.7. The van der Waals surface area contributed by atoms with Crippen LogP contribution in [-0.2, 0) is 9.59 Å². The fourth-order valence-electron chi connectivity index (χ4n) is 2.30. The van der Waals surface area contributed by atoms with Gasteiger partial charge in [-0.1, -0.05) is 12.8 Å². The van der Waals surface area contributed by atoms with Crippen LogP contribution in [0.2, 0.25) is 0 Å². The van der Waals surface area contributed by atoms with E-state index in [1.54, 1.807) is 14.1 Å². The van der Waals surface area contributed by atoms with Gasteiger partial charge in [-0.05, 0) is 12.8 Å². The van der Waals surface area contributed by atoms with Crippen LogP contribution in [0, 0.1) is 0 Å². The lowest BCUT2D eigenvalue weighted by atomic mass is 10.1. The number of carbonyl (C=O) groups is 3. The zero-order chi connectivity index (χ0) is 15.1. The van der Waals surface area contributed by atoms with Crippen LogP contribution in [0.3, 0.4) is 0 Å². The average Bonchev–Trinajstić information content (AvgIpc) is 2.69. The van der Waals surface area contributed by atoms with Gasteiger partial charge >= 0.3 is 12.0 Å². The van der Waals surface area contributed by atoms with Crippen LogP contribution in [0.25, 0.3) is 0 Å². The second kappa shape index (κ2) is 7.72. The van der Waals surface area contributed by atoms with Crippen molar-refractivity contribution in [3.63, 3.8) is 0 Å². The van der Waals surface area contributed by atoms with Crippen LogP contribution < -0.4 is 5.32 Å². The summed E-state index contributed by atoms with van der Waals surface area (Å²) in [6.45, 7) is 0.738. The molecule has 1 unspecified atom stereocenters. The average molecular weight is 285 g/mol. The van der Waals surface area contributed by atoms with Crippen molar-refractivity contribution in [3.05, 3.63) is 0 Å². The molecule has 1 fully saturated rings. The molecule has 2 N–H and O–H groups in total. The monoisotopic (exact) mass is 285 g/mol. The van der Waals surface area contributed by atoms with E-state index in [9.17, 15) is 19.5 Å². The number of nitrogens with one attached hydrogen (secondary N) is 1. The lowest BCUT2D eigenvalue weighted by Crippen LogP contribution is -2.50. The van der Waals surface area contributed by atoms with Gasteiger partial charge in [0.15, 0.2) is 0 Å². The number of nitrogens with zero attached hydrogens (tertiary/aromatic N) is 2. The van der Waals surface area contributed by atoms with Gasteiger partial charge in [0, 0.05) is 33.6 Å². The molecule has 7 heteroatoms. The molecule has 1 aliphatic rings. The lowest BCUT2D eigenvalue weighted by molar-refractivity contribution is -0.142. The normalized spacial score (nSPS) is 19.1. The molecule has 7 nitrogen and oxygen atoms in total. The van der Waals surface area contributed by atoms with Gasteiger partial charge in [0.25, 0.3) is 0 Å². The maximum Gasteiger partial charge on any atom is 0.326 e. The first-order valence-electron chi connectivity index (χ1n) is 6.92. The Balaban J connectivity index is 2.65. The highest BCUT2D eigenvalue weighted by atomic mass is 16.4. The first-order valence-corrected chi connectivity index (χ1v) is 6.92. The SMILES string of the molecule is CNC(=O)CCN(C)C(=O)N1CCCCCC1C(=O)O. The largest absolute Gasteiger partial charge is 0.480 e. The van der Waals surface area contributed by atoms with Crippen LogP contribution in [0.1, 0.15) is 32.1 Å². The van der Waals surface area contributed by atoms with Crippen molar-refractivity contribution in [1.82, 2.24) is 15.1 Å². The minimum atomic E-state index is -0.958. The second-order valence-corrected chi connectivity index (χ2v) is 5.02. The molecular weight excluding hydrogens is 262 g/mol. The summed E-state index contributed by atoms with van der Waals surface area (Å²) in [4.78, 5) is 37.6. The summed E-state index contributed by atoms with van der Waals surface area (Å²) in [7, 11) is 3.13. The van der Waals surface area contributed by atoms with Gasteiger partial charge in [-0.25, -0.2) is 9.59 Å². The van der Waals surface area contributed by atoms with Crippen molar-refractivity contribution in [1.29, 1.82) is 0 Å². The second-order valence-electron chi connectivity index (χ2n) is 5.02. The molecule has 1 rings (SSSR count). The molecule has 1 saturated heterocycles. The molecular formula is C13H23N3O4. The molecule has 114 valence electrons. The lowest BCUT2D eigenvalue weighted by Gasteiger charge is -2.31. The molecule has 0 spiro atoms. The van der Waals surface area contributed by atoms with E-state index in [4.69, 9.17) is 0 Å². The molecule has 1 heterocycles. The number of hydrogen-bond acceptors (Lipinski definition) is 3. The van der Waals surface area contributed by atoms with E-state index in [0.717, 1.165) is 19.3 Å². The Kier molecular flexibility index (Phi) is 6.27. The van der Waals surface area contributed by atoms with E-state index in [2.05, 4.69) is 5.32 Å². The van der Waals surface area contributed by atoms with Crippen molar-refractivity contribution in [2.45, 2.75) is 38.1 Å². The molecule has 0 saturated carbocycles. The zero-order valence-corrected chi connectivity index (χ0v) is 12.1. The van der Waals surface area contributed by atoms with Crippen LogP contribution >= 0.6 is 0 Å². The molecule has 1 atom stereocenters. The summed E-state index contributed by atoms with van der Waals surface area (Å²) < 4.78 is 0. The van der Waals surface area contributed by atoms with E-state index in [1.165, 1.54) is 9.80 Å². The van der Waals surface area contributed by atoms with Crippen molar-refractivity contribution >= 4 is 17.9 Å². The minimum Gasteiger partial charge on any atom is -0.480 e. The number of carbonyl (C=O) groups excluding carboxylic acids is 2. The fraction of sp³-hybridized carbons (Fsp3) is 0.769. The fourth-order valence-corrected chi connectivity index (χ4v) is 2.30. The summed E-state index contributed by atoms with van der Waals surface area (Å²) >= 11 is 0. The minimum absolute atomic E-state index is 0.143. The number of aliphatic carboxylic acids is 1. The smallest absolute Gasteiger partial charge is 0.326 e. The first kappa shape index (κ1) is 16.3. The van der Waals surface area contributed by atoms with Crippen LogP contribution in [-0.4, -0.2) is 66.0 Å². The highest BCUT2D eigenvalue weighted by molar-refractivity contribution is 5.83. The topological polar surface area (TPSA) is 90.0 Å². The van der Waals surface area contributed by atoms with E-state index >= 15 is 0 Å². The Morgan fingerprint density at radius 1 is 1.30 bits per heavy atom. The standard InChI is InChI=1S/C13H23N3O4/c1-14-11(17)7-9-15(2)13(20)16-8-5-3-4-6-10(16)12(18)19/h10H,3-9H2,1-2H3,(H,14,17)(H,18,19). The van der Waals surface area contributed by atoms with Gasteiger partial charge in [0.2, 0.25) is 5.91 Å². The Hall–Kier alpha value is -1.79. The Morgan fingerprint density at radius 3 is 2.60 bits per heavy atom. The van der Waals surface area contributed by atoms with Gasteiger partial charge < -0.3 is 20.2 Å². The van der Waals surface area contributed by atoms with Crippen LogP contribution in [0.5, 0.6) is 0 Å². The molecule has 0 aliphatic carbocycles. The highest BCUT2D eigenvalue weighted by Crippen LogP contribution is 2.18. The highest BCUT2D eigenvalue weighted by Gasteiger charge is 2.32. The van der Waals surface area contributed by atoms with Crippen molar-refractivity contribution in [2.24, 2.45) is 0 Å². The van der Waals surface area contributed by atoms with Crippen LogP contribution in [0.15, 0.2) is 0 Å². The molecule has 0 aromatic rings. The van der Waals surface area contributed by atoms with Crippen LogP contribution in [0.4, 0.5) is 4.79 Å². The molecule has 0 radical (unpaired) electrons. The number of likely N-dealkylation sites (tertiary alicyclic amines) is 1. The summed E-state index contributed by atoms with van der Waals surface area (Å²) in [5.41, 5.74) is 0. The molecule has 20 heavy (non-hydrogen) atoms. The predicted molar refractivity (Wildman–Crippen MR) is 73.3 cm³/mol. The van der Waals surface area contributed by atoms with Gasteiger partial charge in [0.05, 0.1) is 0 Å². The van der Waals surface area contributed by atoms with Crippen molar-refractivity contribution in [2.75, 3.05) is 27.2 Å². The molecule has 1 aliphatic heterocycles. The molecule has 3 amide bonds. The molecule has 0 aromatic heterocycles. The quantitative estimate of drug-likeness (QED) is 0.787. The van der Waals surface area contributed by atoms with Gasteiger partial charge in [-0.3, -0.25) is 4.79 Å². The Morgan fingerprint density at radius 2 is 2.00 bits per heavy atom. The number of hydrogen-bond donors (Lipinski definition) is 2. The van der Waals surface area contributed by atoms with Crippen molar-refractivity contribution in [3.8, 4) is 0 Å². The zero-order valence-electron chi connectivity index (χ0n) is 12.1. The third-order valence-electron chi connectivity index (χ3n) is 3.56. The Bertz CT molecular complexity index is 373. The van der Waals surface area contributed by atoms with E-state index in [-0.39, 0.29) is 24.9 Å². The van der Waals surface area contributed by atoms with Gasteiger partial charge in [-0.15, -0.1) is 0 Å².